The van der Waals surface area contributed by atoms with E-state index >= 15 is 0 Å². The first-order valence-electron chi connectivity index (χ1n) is 6.78. The Morgan fingerprint density at radius 3 is 2.64 bits per heavy atom. The molecule has 4 heteroatoms. The Hall–Kier alpha value is -2.38. The molecule has 0 radical (unpaired) electrons. The first-order chi connectivity index (χ1) is 10.7. The zero-order chi connectivity index (χ0) is 15.5. The van der Waals surface area contributed by atoms with Gasteiger partial charge in [0, 0.05) is 28.5 Å². The highest BCUT2D eigenvalue weighted by atomic mass is 79.9. The van der Waals surface area contributed by atoms with Gasteiger partial charge >= 0.3 is 0 Å². The van der Waals surface area contributed by atoms with E-state index in [0.29, 0.717) is 17.5 Å². The molecule has 0 aliphatic heterocycles. The van der Waals surface area contributed by atoms with Crippen LogP contribution in [0.4, 0.5) is 4.39 Å². The summed E-state index contributed by atoms with van der Waals surface area (Å²) in [4.78, 5) is 0. The van der Waals surface area contributed by atoms with Gasteiger partial charge in [-0.25, -0.2) is 4.39 Å². The van der Waals surface area contributed by atoms with Gasteiger partial charge in [-0.15, -0.1) is 0 Å². The molecule has 0 atom stereocenters. The van der Waals surface area contributed by atoms with Crippen molar-refractivity contribution in [1.29, 1.82) is 5.26 Å². The summed E-state index contributed by atoms with van der Waals surface area (Å²) in [6.45, 7) is 0. The highest BCUT2D eigenvalue weighted by molar-refractivity contribution is 9.10. The summed E-state index contributed by atoms with van der Waals surface area (Å²) < 4.78 is 16.6. The molecule has 0 fully saturated rings. The van der Waals surface area contributed by atoms with Crippen LogP contribution in [-0.4, -0.2) is 4.57 Å². The van der Waals surface area contributed by atoms with E-state index in [1.54, 1.807) is 18.2 Å². The number of halogens is 2. The van der Waals surface area contributed by atoms with Gasteiger partial charge in [0.25, 0.3) is 0 Å². The van der Waals surface area contributed by atoms with E-state index in [0.717, 1.165) is 15.9 Å². The average molecular weight is 355 g/mol. The van der Waals surface area contributed by atoms with Gasteiger partial charge in [0.15, 0.2) is 0 Å². The monoisotopic (exact) mass is 354 g/mol. The third kappa shape index (κ3) is 2.81. The normalized spacial score (nSPS) is 10.4. The Bertz CT molecular complexity index is 862. The van der Waals surface area contributed by atoms with Crippen LogP contribution in [0.5, 0.6) is 0 Å². The molecule has 3 aromatic rings. The lowest BCUT2D eigenvalue weighted by atomic mass is 10.1. The van der Waals surface area contributed by atoms with E-state index in [1.807, 2.05) is 41.1 Å². The van der Waals surface area contributed by atoms with Crippen molar-refractivity contribution in [2.75, 3.05) is 0 Å². The van der Waals surface area contributed by atoms with Crippen molar-refractivity contribution in [1.82, 2.24) is 4.57 Å². The number of benzene rings is 2. The molecule has 0 spiro atoms. The van der Waals surface area contributed by atoms with Crippen LogP contribution >= 0.6 is 15.9 Å². The molecule has 1 heterocycles. The number of rotatable bonds is 3. The number of nitriles is 1. The van der Waals surface area contributed by atoms with E-state index in [-0.39, 0.29) is 5.82 Å². The summed E-state index contributed by atoms with van der Waals surface area (Å²) >= 11 is 3.40. The van der Waals surface area contributed by atoms with Gasteiger partial charge in [-0.1, -0.05) is 18.2 Å². The summed E-state index contributed by atoms with van der Waals surface area (Å²) in [6.07, 6.45) is 2.45. The molecule has 0 aliphatic carbocycles. The van der Waals surface area contributed by atoms with Gasteiger partial charge in [0.2, 0.25) is 0 Å². The molecular weight excluding hydrogens is 343 g/mol. The Morgan fingerprint density at radius 2 is 1.91 bits per heavy atom. The molecule has 0 N–H and O–H groups in total. The minimum absolute atomic E-state index is 0.198. The van der Waals surface area contributed by atoms with Crippen molar-refractivity contribution in [2.24, 2.45) is 0 Å². The molecule has 0 saturated carbocycles. The summed E-state index contributed by atoms with van der Waals surface area (Å²) in [7, 11) is 0. The van der Waals surface area contributed by atoms with E-state index in [1.165, 1.54) is 6.07 Å². The zero-order valence-corrected chi connectivity index (χ0v) is 13.2. The fraction of sp³-hybridized carbons (Fsp3) is 0.0556. The number of hydrogen-bond donors (Lipinski definition) is 0. The molecule has 22 heavy (non-hydrogen) atoms. The molecule has 108 valence electrons. The third-order valence-corrected chi connectivity index (χ3v) is 4.17. The minimum Gasteiger partial charge on any atom is -0.321 e. The van der Waals surface area contributed by atoms with Crippen molar-refractivity contribution in [3.8, 4) is 11.8 Å². The second-order valence-electron chi connectivity index (χ2n) is 4.91. The quantitative estimate of drug-likeness (QED) is 0.661. The molecule has 1 aromatic heterocycles. The maximum absolute atomic E-state index is 13.8. The number of aromatic nitrogens is 1. The second kappa shape index (κ2) is 6.17. The Morgan fingerprint density at radius 1 is 1.09 bits per heavy atom. The van der Waals surface area contributed by atoms with Crippen LogP contribution in [0.2, 0.25) is 0 Å². The van der Waals surface area contributed by atoms with Crippen LogP contribution in [0.15, 0.2) is 65.3 Å². The van der Waals surface area contributed by atoms with Crippen LogP contribution < -0.4 is 0 Å². The van der Waals surface area contributed by atoms with Gasteiger partial charge in [0.1, 0.15) is 11.9 Å². The summed E-state index contributed by atoms with van der Waals surface area (Å²) in [5, 5.41) is 8.99. The van der Waals surface area contributed by atoms with Gasteiger partial charge in [0.05, 0.1) is 5.56 Å². The largest absolute Gasteiger partial charge is 0.321 e. The lowest BCUT2D eigenvalue weighted by molar-refractivity contribution is 0.612. The molecule has 2 aromatic carbocycles. The van der Waals surface area contributed by atoms with Crippen molar-refractivity contribution in [3.05, 3.63) is 87.9 Å². The van der Waals surface area contributed by atoms with Crippen LogP contribution in [0.25, 0.3) is 5.69 Å². The van der Waals surface area contributed by atoms with Gasteiger partial charge < -0.3 is 4.57 Å². The first kappa shape index (κ1) is 14.6. The zero-order valence-electron chi connectivity index (χ0n) is 11.6. The number of hydrogen-bond acceptors (Lipinski definition) is 1. The van der Waals surface area contributed by atoms with Gasteiger partial charge in [-0.05, 0) is 57.9 Å². The smallest absolute Gasteiger partial charge is 0.126 e. The molecule has 0 saturated heterocycles. The van der Waals surface area contributed by atoms with E-state index in [2.05, 4.69) is 22.0 Å². The highest BCUT2D eigenvalue weighted by Crippen LogP contribution is 2.23. The SMILES string of the molecule is N#Cc1ccc(-n2cccc2Cc2ccccc2F)cc1Br. The lowest BCUT2D eigenvalue weighted by Gasteiger charge is -2.11. The average Bonchev–Trinajstić information content (AvgIpc) is 2.98. The number of nitrogens with zero attached hydrogens (tertiary/aromatic N) is 2. The molecule has 0 aliphatic rings. The summed E-state index contributed by atoms with van der Waals surface area (Å²) in [5.41, 5.74) is 3.17. The third-order valence-electron chi connectivity index (χ3n) is 3.51. The maximum atomic E-state index is 13.8. The first-order valence-corrected chi connectivity index (χ1v) is 7.58. The van der Waals surface area contributed by atoms with Crippen LogP contribution in [0.3, 0.4) is 0 Å². The maximum Gasteiger partial charge on any atom is 0.126 e. The lowest BCUT2D eigenvalue weighted by Crippen LogP contribution is -2.01. The van der Waals surface area contributed by atoms with Crippen molar-refractivity contribution in [2.45, 2.75) is 6.42 Å². The van der Waals surface area contributed by atoms with Crippen LogP contribution in [-0.2, 0) is 6.42 Å². The predicted molar refractivity (Wildman–Crippen MR) is 87.4 cm³/mol. The summed E-state index contributed by atoms with van der Waals surface area (Å²) in [6, 6.07) is 18.4. The highest BCUT2D eigenvalue weighted by Gasteiger charge is 2.09. The molecule has 2 nitrogen and oxygen atoms in total. The standard InChI is InChI=1S/C18H12BrFN2/c19-17-11-16(8-7-14(17)12-21)22-9-3-5-15(22)10-13-4-1-2-6-18(13)20/h1-9,11H,10H2. The Kier molecular flexibility index (Phi) is 4.08. The molecule has 0 unspecified atom stereocenters. The molecule has 0 amide bonds. The Balaban J connectivity index is 1.98. The van der Waals surface area contributed by atoms with Crippen LogP contribution in [0.1, 0.15) is 16.8 Å². The van der Waals surface area contributed by atoms with Crippen molar-refractivity contribution >= 4 is 15.9 Å². The minimum atomic E-state index is -0.198. The molecule has 0 bridgehead atoms. The second-order valence-corrected chi connectivity index (χ2v) is 5.77. The van der Waals surface area contributed by atoms with Crippen molar-refractivity contribution < 1.29 is 4.39 Å². The molecular formula is C18H12BrFN2. The Labute approximate surface area is 136 Å². The topological polar surface area (TPSA) is 28.7 Å². The molecule has 3 rings (SSSR count). The van der Waals surface area contributed by atoms with Gasteiger partial charge in [-0.2, -0.15) is 5.26 Å². The van der Waals surface area contributed by atoms with E-state index in [4.69, 9.17) is 5.26 Å². The van der Waals surface area contributed by atoms with Crippen molar-refractivity contribution in [3.63, 3.8) is 0 Å². The fourth-order valence-electron chi connectivity index (χ4n) is 2.39. The predicted octanol–water partition coefficient (Wildman–Crippen LogP) is 4.84. The summed E-state index contributed by atoms with van der Waals surface area (Å²) in [5.74, 6) is -0.198. The van der Waals surface area contributed by atoms with E-state index in [9.17, 15) is 4.39 Å². The fourth-order valence-corrected chi connectivity index (χ4v) is 2.85. The van der Waals surface area contributed by atoms with Crippen LogP contribution in [0, 0.1) is 17.1 Å². The van der Waals surface area contributed by atoms with Gasteiger partial charge in [-0.3, -0.25) is 0 Å². The van der Waals surface area contributed by atoms with E-state index < -0.39 is 0 Å².